The average Bonchev–Trinajstić information content (AvgIpc) is 3.18. The Morgan fingerprint density at radius 3 is 2.50 bits per heavy atom. The summed E-state index contributed by atoms with van der Waals surface area (Å²) in [5.74, 6) is -1.86. The van der Waals surface area contributed by atoms with Crippen LogP contribution in [0.2, 0.25) is 0 Å². The van der Waals surface area contributed by atoms with Gasteiger partial charge in [0, 0.05) is 31.2 Å². The molecule has 3 aromatic heterocycles. The van der Waals surface area contributed by atoms with Gasteiger partial charge in [-0.3, -0.25) is 14.6 Å². The molecule has 0 unspecified atom stereocenters. The summed E-state index contributed by atoms with van der Waals surface area (Å²) in [5.41, 5.74) is 1.93. The molecule has 5 rings (SSSR count). The number of imide groups is 1. The fourth-order valence-corrected chi connectivity index (χ4v) is 3.49. The van der Waals surface area contributed by atoms with E-state index in [0.29, 0.717) is 16.7 Å². The van der Waals surface area contributed by atoms with Crippen LogP contribution in [0.3, 0.4) is 0 Å². The van der Waals surface area contributed by atoms with Crippen LogP contribution in [0.5, 0.6) is 0 Å². The molecular weight excluding hydrogens is 361 g/mol. The highest BCUT2D eigenvalue weighted by Crippen LogP contribution is 2.37. The smallest absolute Gasteiger partial charge is 0.267 e. The molecule has 0 atom stereocenters. The first-order valence-electron chi connectivity index (χ1n) is 8.47. The monoisotopic (exact) mass is 373 g/mol. The number of hydrogen-bond donors (Lipinski definition) is 0. The fraction of sp³-hybridized carbons (Fsp3) is 0.0500. The molecule has 0 spiro atoms. The lowest BCUT2D eigenvalue weighted by Crippen LogP contribution is -2.30. The number of pyridine rings is 2. The van der Waals surface area contributed by atoms with E-state index in [2.05, 4.69) is 15.1 Å². The van der Waals surface area contributed by atoms with E-state index in [1.54, 1.807) is 42.3 Å². The van der Waals surface area contributed by atoms with Crippen LogP contribution in [-0.2, 0) is 7.05 Å². The van der Waals surface area contributed by atoms with Crippen molar-refractivity contribution in [3.63, 3.8) is 0 Å². The van der Waals surface area contributed by atoms with Crippen molar-refractivity contribution in [2.45, 2.75) is 0 Å². The van der Waals surface area contributed by atoms with Crippen molar-refractivity contribution in [1.29, 1.82) is 0 Å². The van der Waals surface area contributed by atoms with Gasteiger partial charge in [0.1, 0.15) is 11.5 Å². The molecule has 0 saturated heterocycles. The van der Waals surface area contributed by atoms with Crippen LogP contribution in [0.15, 0.2) is 55.0 Å². The quantitative estimate of drug-likeness (QED) is 0.505. The zero-order valence-electron chi connectivity index (χ0n) is 14.6. The Morgan fingerprint density at radius 1 is 1.00 bits per heavy atom. The highest BCUT2D eigenvalue weighted by molar-refractivity contribution is 6.38. The Bertz CT molecular complexity index is 1280. The molecule has 0 fully saturated rings. The number of rotatable bonds is 2. The van der Waals surface area contributed by atoms with Gasteiger partial charge in [0.05, 0.1) is 22.2 Å². The molecule has 136 valence electrons. The van der Waals surface area contributed by atoms with Crippen molar-refractivity contribution in [1.82, 2.24) is 19.7 Å². The molecular formula is C20H12FN5O2. The Morgan fingerprint density at radius 2 is 1.75 bits per heavy atom. The van der Waals surface area contributed by atoms with Gasteiger partial charge in [0.25, 0.3) is 11.8 Å². The van der Waals surface area contributed by atoms with Gasteiger partial charge in [-0.05, 0) is 24.3 Å². The maximum Gasteiger partial charge on any atom is 0.267 e. The topological polar surface area (TPSA) is 81.0 Å². The molecule has 0 N–H and O–H groups in total. The predicted octanol–water partition coefficient (Wildman–Crippen LogP) is 2.97. The lowest BCUT2D eigenvalue weighted by Gasteiger charge is -2.14. The second-order valence-electron chi connectivity index (χ2n) is 6.35. The molecule has 8 heteroatoms. The molecule has 7 nitrogen and oxygen atoms in total. The van der Waals surface area contributed by atoms with Gasteiger partial charge in [-0.15, -0.1) is 0 Å². The Kier molecular flexibility index (Phi) is 3.35. The number of benzene rings is 1. The molecule has 4 heterocycles. The van der Waals surface area contributed by atoms with E-state index < -0.39 is 17.6 Å². The number of fused-ring (bicyclic) bond motifs is 3. The third kappa shape index (κ3) is 2.11. The minimum atomic E-state index is -0.651. The third-order valence-electron chi connectivity index (χ3n) is 4.75. The molecule has 28 heavy (non-hydrogen) atoms. The second-order valence-corrected chi connectivity index (χ2v) is 6.35. The molecule has 0 saturated carbocycles. The van der Waals surface area contributed by atoms with Crippen LogP contribution in [0, 0.1) is 5.82 Å². The Balaban J connectivity index is 1.80. The zero-order valence-corrected chi connectivity index (χ0v) is 14.6. The lowest BCUT2D eigenvalue weighted by molar-refractivity contribution is 0.0925. The van der Waals surface area contributed by atoms with E-state index in [9.17, 15) is 14.0 Å². The SMILES string of the molecule is Cn1nc(-c2ccncc2)c2c3c(cnc21)C(=O)N(c1ccccc1F)C3=O. The van der Waals surface area contributed by atoms with E-state index in [1.807, 2.05) is 0 Å². The molecule has 4 aromatic rings. The number of halogens is 1. The maximum atomic E-state index is 14.3. The Hall–Kier alpha value is -3.94. The number of carbonyl (C=O) groups excluding carboxylic acids is 2. The van der Waals surface area contributed by atoms with Crippen LogP contribution in [0.1, 0.15) is 20.7 Å². The van der Waals surface area contributed by atoms with E-state index in [1.165, 1.54) is 24.4 Å². The van der Waals surface area contributed by atoms with Gasteiger partial charge in [-0.25, -0.2) is 19.0 Å². The Labute approximate surface area is 158 Å². The van der Waals surface area contributed by atoms with Crippen LogP contribution in [0.4, 0.5) is 10.1 Å². The molecule has 0 radical (unpaired) electrons. The van der Waals surface area contributed by atoms with Crippen molar-refractivity contribution in [3.05, 3.63) is 71.9 Å². The zero-order chi connectivity index (χ0) is 19.4. The van der Waals surface area contributed by atoms with Crippen molar-refractivity contribution >= 4 is 28.5 Å². The first kappa shape index (κ1) is 16.2. The molecule has 1 aromatic carbocycles. The predicted molar refractivity (Wildman–Crippen MR) is 99.3 cm³/mol. The van der Waals surface area contributed by atoms with Crippen LogP contribution >= 0.6 is 0 Å². The number of carbonyl (C=O) groups is 2. The molecule has 1 aliphatic heterocycles. The summed E-state index contributed by atoms with van der Waals surface area (Å²) in [6.07, 6.45) is 4.58. The summed E-state index contributed by atoms with van der Waals surface area (Å²) in [5, 5.41) is 4.94. The molecule has 2 amide bonds. The van der Waals surface area contributed by atoms with Crippen LogP contribution in [0.25, 0.3) is 22.3 Å². The maximum absolute atomic E-state index is 14.3. The summed E-state index contributed by atoms with van der Waals surface area (Å²) < 4.78 is 15.8. The first-order chi connectivity index (χ1) is 13.6. The second kappa shape index (κ2) is 5.78. The molecule has 0 aliphatic carbocycles. The van der Waals surface area contributed by atoms with Gasteiger partial charge in [0.15, 0.2) is 5.65 Å². The van der Waals surface area contributed by atoms with Crippen molar-refractivity contribution in [3.8, 4) is 11.3 Å². The van der Waals surface area contributed by atoms with Crippen molar-refractivity contribution in [2.75, 3.05) is 4.90 Å². The first-order valence-corrected chi connectivity index (χ1v) is 8.47. The van der Waals surface area contributed by atoms with Crippen LogP contribution < -0.4 is 4.90 Å². The number of aryl methyl sites for hydroxylation is 1. The highest BCUT2D eigenvalue weighted by atomic mass is 19.1. The van der Waals surface area contributed by atoms with E-state index in [-0.39, 0.29) is 16.8 Å². The van der Waals surface area contributed by atoms with Gasteiger partial charge in [-0.1, -0.05) is 12.1 Å². The van der Waals surface area contributed by atoms with Gasteiger partial charge in [0.2, 0.25) is 0 Å². The number of para-hydroxylation sites is 1. The van der Waals surface area contributed by atoms with Crippen LogP contribution in [-0.4, -0.2) is 31.6 Å². The van der Waals surface area contributed by atoms with Gasteiger partial charge in [-0.2, -0.15) is 5.10 Å². The highest BCUT2D eigenvalue weighted by Gasteiger charge is 2.41. The minimum Gasteiger partial charge on any atom is -0.268 e. The molecule has 0 bridgehead atoms. The number of nitrogens with zero attached hydrogens (tertiary/aromatic N) is 5. The minimum absolute atomic E-state index is 0.0869. The normalized spacial score (nSPS) is 13.4. The number of anilines is 1. The third-order valence-corrected chi connectivity index (χ3v) is 4.75. The standard InChI is InChI=1S/C20H12FN5O2/c1-25-18-16(17(24-25)11-6-8-22-9-7-11)15-12(10-23-18)19(27)26(20(15)28)14-5-3-2-4-13(14)21/h2-10H,1H3. The van der Waals surface area contributed by atoms with E-state index in [0.717, 1.165) is 10.5 Å². The number of aromatic nitrogens is 4. The van der Waals surface area contributed by atoms with E-state index >= 15 is 0 Å². The summed E-state index contributed by atoms with van der Waals surface area (Å²) in [4.78, 5) is 35.3. The van der Waals surface area contributed by atoms with Crippen molar-refractivity contribution in [2.24, 2.45) is 7.05 Å². The summed E-state index contributed by atoms with van der Waals surface area (Å²) in [6, 6.07) is 9.20. The van der Waals surface area contributed by atoms with Crippen molar-refractivity contribution < 1.29 is 14.0 Å². The summed E-state index contributed by atoms with van der Waals surface area (Å²) in [7, 11) is 1.71. The number of amides is 2. The van der Waals surface area contributed by atoms with E-state index in [4.69, 9.17) is 0 Å². The number of hydrogen-bond acceptors (Lipinski definition) is 5. The van der Waals surface area contributed by atoms with Gasteiger partial charge < -0.3 is 0 Å². The lowest BCUT2D eigenvalue weighted by atomic mass is 10.0. The summed E-state index contributed by atoms with van der Waals surface area (Å²) in [6.45, 7) is 0. The largest absolute Gasteiger partial charge is 0.268 e. The van der Waals surface area contributed by atoms with Gasteiger partial charge >= 0.3 is 0 Å². The molecule has 1 aliphatic rings. The summed E-state index contributed by atoms with van der Waals surface area (Å²) >= 11 is 0. The fourth-order valence-electron chi connectivity index (χ4n) is 3.49. The average molecular weight is 373 g/mol.